The van der Waals surface area contributed by atoms with E-state index < -0.39 is 5.97 Å². The van der Waals surface area contributed by atoms with Crippen LogP contribution in [0.25, 0.3) is 0 Å². The van der Waals surface area contributed by atoms with Gasteiger partial charge in [-0.1, -0.05) is 36.4 Å². The number of esters is 1. The molecule has 2 rings (SSSR count). The minimum atomic E-state index is -0.406. The molecule has 0 spiro atoms. The Hall–Kier alpha value is -2.82. The molecule has 0 saturated carbocycles. The van der Waals surface area contributed by atoms with Crippen molar-refractivity contribution in [2.45, 2.75) is 39.3 Å². The molecular weight excluding hydrogens is 316 g/mol. The van der Waals surface area contributed by atoms with Crippen molar-refractivity contribution in [2.75, 3.05) is 5.32 Å². The first-order valence-corrected chi connectivity index (χ1v) is 8.36. The maximum Gasteiger partial charge on any atom is 0.338 e. The molecule has 0 aliphatic rings. The van der Waals surface area contributed by atoms with Gasteiger partial charge < -0.3 is 15.4 Å². The standard InChI is InChI=1S/C20H24N2O3/c1-14(2)21-20(24)22-18-11-7-10-17(13-18)19(23)25-15(3)12-16-8-5-4-6-9-16/h4-11,13-15H,12H2,1-3H3,(H2,21,22,24). The van der Waals surface area contributed by atoms with Crippen LogP contribution in [0.3, 0.4) is 0 Å². The number of carbonyl (C=O) groups excluding carboxylic acids is 2. The monoisotopic (exact) mass is 340 g/mol. The van der Waals surface area contributed by atoms with Crippen LogP contribution in [0.4, 0.5) is 10.5 Å². The van der Waals surface area contributed by atoms with Gasteiger partial charge in [0.15, 0.2) is 0 Å². The zero-order valence-corrected chi connectivity index (χ0v) is 14.8. The molecule has 1 unspecified atom stereocenters. The van der Waals surface area contributed by atoms with Gasteiger partial charge in [-0.05, 0) is 44.5 Å². The summed E-state index contributed by atoms with van der Waals surface area (Å²) >= 11 is 0. The maximum atomic E-state index is 12.3. The SMILES string of the molecule is CC(C)NC(=O)Nc1cccc(C(=O)OC(C)Cc2ccccc2)c1. The maximum absolute atomic E-state index is 12.3. The van der Waals surface area contributed by atoms with Gasteiger partial charge >= 0.3 is 12.0 Å². The predicted octanol–water partition coefficient (Wildman–Crippen LogP) is 4.00. The number of hydrogen-bond donors (Lipinski definition) is 2. The van der Waals surface area contributed by atoms with Crippen LogP contribution in [-0.2, 0) is 11.2 Å². The molecule has 0 saturated heterocycles. The number of hydrogen-bond acceptors (Lipinski definition) is 3. The molecule has 0 bridgehead atoms. The molecule has 0 aromatic heterocycles. The average molecular weight is 340 g/mol. The lowest BCUT2D eigenvalue weighted by Gasteiger charge is -2.14. The van der Waals surface area contributed by atoms with Crippen molar-refractivity contribution < 1.29 is 14.3 Å². The lowest BCUT2D eigenvalue weighted by Crippen LogP contribution is -2.34. The Morgan fingerprint density at radius 2 is 1.72 bits per heavy atom. The van der Waals surface area contributed by atoms with Crippen LogP contribution in [0, 0.1) is 0 Å². The first-order chi connectivity index (χ1) is 11.9. The predicted molar refractivity (Wildman–Crippen MR) is 98.8 cm³/mol. The first kappa shape index (κ1) is 18.5. The van der Waals surface area contributed by atoms with Crippen molar-refractivity contribution in [3.63, 3.8) is 0 Å². The van der Waals surface area contributed by atoms with Crippen molar-refractivity contribution in [3.05, 3.63) is 65.7 Å². The number of ether oxygens (including phenoxy) is 1. The van der Waals surface area contributed by atoms with E-state index in [4.69, 9.17) is 4.74 Å². The minimum Gasteiger partial charge on any atom is -0.459 e. The van der Waals surface area contributed by atoms with Crippen molar-refractivity contribution in [2.24, 2.45) is 0 Å². The van der Waals surface area contributed by atoms with E-state index in [1.807, 2.05) is 51.1 Å². The molecule has 5 heteroatoms. The number of carbonyl (C=O) groups is 2. The third kappa shape index (κ3) is 6.30. The molecule has 2 amide bonds. The summed E-state index contributed by atoms with van der Waals surface area (Å²) in [6.07, 6.45) is 0.414. The van der Waals surface area contributed by atoms with Crippen molar-refractivity contribution in [3.8, 4) is 0 Å². The van der Waals surface area contributed by atoms with Crippen molar-refractivity contribution in [1.82, 2.24) is 5.32 Å². The van der Waals surface area contributed by atoms with Crippen LogP contribution in [0.5, 0.6) is 0 Å². The van der Waals surface area contributed by atoms with Gasteiger partial charge in [-0.25, -0.2) is 9.59 Å². The Morgan fingerprint density at radius 1 is 1.00 bits per heavy atom. The van der Waals surface area contributed by atoms with Gasteiger partial charge in [0.1, 0.15) is 6.10 Å². The molecule has 2 aromatic carbocycles. The van der Waals surface area contributed by atoms with Gasteiger partial charge in [0.2, 0.25) is 0 Å². The molecule has 132 valence electrons. The van der Waals surface area contributed by atoms with Crippen LogP contribution in [0.1, 0.15) is 36.7 Å². The van der Waals surface area contributed by atoms with Gasteiger partial charge in [-0.2, -0.15) is 0 Å². The Balaban J connectivity index is 1.95. The molecule has 1 atom stereocenters. The highest BCUT2D eigenvalue weighted by molar-refractivity contribution is 5.94. The Kier molecular flexibility index (Phi) is 6.57. The summed E-state index contributed by atoms with van der Waals surface area (Å²) in [7, 11) is 0. The molecule has 0 aliphatic heterocycles. The molecule has 0 fully saturated rings. The number of rotatable bonds is 6. The molecular formula is C20H24N2O3. The zero-order chi connectivity index (χ0) is 18.2. The quantitative estimate of drug-likeness (QED) is 0.781. The summed E-state index contributed by atoms with van der Waals surface area (Å²) in [4.78, 5) is 24.1. The lowest BCUT2D eigenvalue weighted by molar-refractivity contribution is 0.0343. The smallest absolute Gasteiger partial charge is 0.338 e. The van der Waals surface area contributed by atoms with E-state index in [1.54, 1.807) is 24.3 Å². The van der Waals surface area contributed by atoms with E-state index in [0.29, 0.717) is 17.7 Å². The summed E-state index contributed by atoms with van der Waals surface area (Å²) < 4.78 is 5.50. The number of nitrogens with one attached hydrogen (secondary N) is 2. The largest absolute Gasteiger partial charge is 0.459 e. The Morgan fingerprint density at radius 3 is 2.40 bits per heavy atom. The van der Waals surface area contributed by atoms with Crippen molar-refractivity contribution >= 4 is 17.7 Å². The number of anilines is 1. The van der Waals surface area contributed by atoms with Crippen LogP contribution in [0.15, 0.2) is 54.6 Å². The molecule has 0 heterocycles. The topological polar surface area (TPSA) is 67.4 Å². The third-order valence-corrected chi connectivity index (χ3v) is 3.45. The van der Waals surface area contributed by atoms with Gasteiger partial charge in [-0.3, -0.25) is 0 Å². The second-order valence-electron chi connectivity index (χ2n) is 6.24. The fourth-order valence-electron chi connectivity index (χ4n) is 2.39. The third-order valence-electron chi connectivity index (χ3n) is 3.45. The zero-order valence-electron chi connectivity index (χ0n) is 14.8. The van der Waals surface area contributed by atoms with Gasteiger partial charge in [-0.15, -0.1) is 0 Å². The summed E-state index contributed by atoms with van der Waals surface area (Å²) in [5.74, 6) is -0.406. The van der Waals surface area contributed by atoms with E-state index in [0.717, 1.165) is 5.56 Å². The summed E-state index contributed by atoms with van der Waals surface area (Å²) in [5.41, 5.74) is 2.06. The highest BCUT2D eigenvalue weighted by Gasteiger charge is 2.13. The van der Waals surface area contributed by atoms with E-state index in [2.05, 4.69) is 10.6 Å². The van der Waals surface area contributed by atoms with E-state index in [1.165, 1.54) is 0 Å². The second kappa shape index (κ2) is 8.87. The number of benzene rings is 2. The Labute approximate surface area is 148 Å². The number of urea groups is 1. The molecule has 2 aromatic rings. The Bertz CT molecular complexity index is 714. The van der Waals surface area contributed by atoms with Crippen LogP contribution in [0.2, 0.25) is 0 Å². The average Bonchev–Trinajstić information content (AvgIpc) is 2.55. The minimum absolute atomic E-state index is 0.0342. The normalized spacial score (nSPS) is 11.7. The van der Waals surface area contributed by atoms with E-state index >= 15 is 0 Å². The second-order valence-corrected chi connectivity index (χ2v) is 6.24. The first-order valence-electron chi connectivity index (χ1n) is 8.36. The summed E-state index contributed by atoms with van der Waals surface area (Å²) in [6.45, 7) is 5.62. The highest BCUT2D eigenvalue weighted by Crippen LogP contribution is 2.14. The fourth-order valence-corrected chi connectivity index (χ4v) is 2.39. The molecule has 0 radical (unpaired) electrons. The molecule has 5 nitrogen and oxygen atoms in total. The van der Waals surface area contributed by atoms with Crippen LogP contribution in [-0.4, -0.2) is 24.1 Å². The summed E-state index contributed by atoms with van der Waals surface area (Å²) in [5, 5.41) is 5.44. The fraction of sp³-hybridized carbons (Fsp3) is 0.300. The highest BCUT2D eigenvalue weighted by atomic mass is 16.5. The molecule has 25 heavy (non-hydrogen) atoms. The van der Waals surface area contributed by atoms with E-state index in [9.17, 15) is 9.59 Å². The van der Waals surface area contributed by atoms with Crippen molar-refractivity contribution in [1.29, 1.82) is 0 Å². The number of amides is 2. The van der Waals surface area contributed by atoms with Gasteiger partial charge in [0, 0.05) is 18.2 Å². The van der Waals surface area contributed by atoms with Gasteiger partial charge in [0.25, 0.3) is 0 Å². The lowest BCUT2D eigenvalue weighted by atomic mass is 10.1. The molecule has 2 N–H and O–H groups in total. The van der Waals surface area contributed by atoms with Crippen LogP contribution < -0.4 is 10.6 Å². The molecule has 0 aliphatic carbocycles. The van der Waals surface area contributed by atoms with E-state index in [-0.39, 0.29) is 18.2 Å². The van der Waals surface area contributed by atoms with Crippen LogP contribution >= 0.6 is 0 Å². The summed E-state index contributed by atoms with van der Waals surface area (Å²) in [6, 6.07) is 16.3. The van der Waals surface area contributed by atoms with Gasteiger partial charge in [0.05, 0.1) is 5.56 Å².